The Kier molecular flexibility index (Phi) is 1.96. The van der Waals surface area contributed by atoms with E-state index in [-0.39, 0.29) is 11.4 Å². The molecule has 3 heteroatoms. The van der Waals surface area contributed by atoms with E-state index in [1.54, 1.807) is 7.11 Å². The zero-order valence-electron chi connectivity index (χ0n) is 9.38. The molecule has 0 saturated carbocycles. The van der Waals surface area contributed by atoms with Gasteiger partial charge in [0.1, 0.15) is 5.75 Å². The summed E-state index contributed by atoms with van der Waals surface area (Å²) in [6.07, 6.45) is 3.58. The van der Waals surface area contributed by atoms with Crippen LogP contribution in [0, 0.1) is 0 Å². The van der Waals surface area contributed by atoms with E-state index in [1.165, 1.54) is 11.1 Å². The van der Waals surface area contributed by atoms with Crippen LogP contribution in [0.4, 0.5) is 0 Å². The third kappa shape index (κ3) is 1.17. The summed E-state index contributed by atoms with van der Waals surface area (Å²) >= 11 is 0. The minimum absolute atomic E-state index is 0.140. The molecule has 3 nitrogen and oxygen atoms in total. The normalized spacial score (nSPS) is 26.9. The lowest BCUT2D eigenvalue weighted by Gasteiger charge is -2.26. The van der Waals surface area contributed by atoms with Crippen molar-refractivity contribution in [2.75, 3.05) is 7.11 Å². The lowest BCUT2D eigenvalue weighted by atomic mass is 9.89. The van der Waals surface area contributed by atoms with Crippen LogP contribution in [0.25, 0.3) is 0 Å². The molecule has 1 saturated heterocycles. The largest absolute Gasteiger partial charge is 0.496 e. The Bertz CT molecular complexity index is 455. The van der Waals surface area contributed by atoms with Gasteiger partial charge in [-0.2, -0.15) is 0 Å². The lowest BCUT2D eigenvalue weighted by molar-refractivity contribution is -0.119. The van der Waals surface area contributed by atoms with Gasteiger partial charge in [-0.1, -0.05) is 12.1 Å². The molecule has 1 spiro atoms. The lowest BCUT2D eigenvalue weighted by Crippen LogP contribution is -2.36. The smallest absolute Gasteiger partial charge is 0.220 e. The standard InChI is InChI=1S/C13H15NO2/c1-16-10-4-2-3-9-5-7-13(12(9)10)8-6-11(15)14-13/h2-4H,5-8H2,1H3,(H,14,15)/t13-/m1/s1. The Hall–Kier alpha value is -1.51. The fourth-order valence-corrected chi connectivity index (χ4v) is 3.07. The van der Waals surface area contributed by atoms with E-state index in [1.807, 2.05) is 12.1 Å². The first-order valence-electron chi connectivity index (χ1n) is 5.72. The van der Waals surface area contributed by atoms with Crippen molar-refractivity contribution in [1.82, 2.24) is 5.32 Å². The molecule has 2 aliphatic rings. The number of hydrogen-bond donors (Lipinski definition) is 1. The Morgan fingerprint density at radius 1 is 1.31 bits per heavy atom. The van der Waals surface area contributed by atoms with Crippen LogP contribution in [0.2, 0.25) is 0 Å². The topological polar surface area (TPSA) is 38.3 Å². The van der Waals surface area contributed by atoms with Crippen LogP contribution in [0.3, 0.4) is 0 Å². The number of methoxy groups -OCH3 is 1. The SMILES string of the molecule is COc1cccc2c1[C@]1(CCC(=O)N1)CC2. The van der Waals surface area contributed by atoms with Gasteiger partial charge in [-0.25, -0.2) is 0 Å². The number of aryl methyl sites for hydroxylation is 1. The van der Waals surface area contributed by atoms with Crippen molar-refractivity contribution in [2.45, 2.75) is 31.2 Å². The summed E-state index contributed by atoms with van der Waals surface area (Å²) < 4.78 is 5.43. The van der Waals surface area contributed by atoms with Gasteiger partial charge < -0.3 is 10.1 Å². The third-order valence-electron chi connectivity index (χ3n) is 3.79. The summed E-state index contributed by atoms with van der Waals surface area (Å²) in [7, 11) is 1.69. The number of hydrogen-bond acceptors (Lipinski definition) is 2. The molecular formula is C13H15NO2. The molecule has 1 aromatic carbocycles. The van der Waals surface area contributed by atoms with Gasteiger partial charge in [0, 0.05) is 12.0 Å². The maximum atomic E-state index is 11.5. The molecule has 1 N–H and O–H groups in total. The maximum absolute atomic E-state index is 11.5. The van der Waals surface area contributed by atoms with Gasteiger partial charge in [0.05, 0.1) is 12.6 Å². The van der Waals surface area contributed by atoms with E-state index in [9.17, 15) is 4.79 Å². The molecule has 1 fully saturated rings. The van der Waals surface area contributed by atoms with Crippen molar-refractivity contribution in [3.8, 4) is 5.75 Å². The van der Waals surface area contributed by atoms with E-state index in [0.717, 1.165) is 25.0 Å². The van der Waals surface area contributed by atoms with Crippen LogP contribution in [-0.2, 0) is 16.8 Å². The first-order valence-corrected chi connectivity index (χ1v) is 5.72. The van der Waals surface area contributed by atoms with Crippen LogP contribution in [0.1, 0.15) is 30.4 Å². The molecule has 1 aliphatic heterocycles. The van der Waals surface area contributed by atoms with E-state index in [2.05, 4.69) is 11.4 Å². The number of amides is 1. The molecule has 84 valence electrons. The van der Waals surface area contributed by atoms with Crippen LogP contribution < -0.4 is 10.1 Å². The minimum Gasteiger partial charge on any atom is -0.496 e. The van der Waals surface area contributed by atoms with E-state index >= 15 is 0 Å². The second kappa shape index (κ2) is 3.24. The molecular weight excluding hydrogens is 202 g/mol. The number of nitrogens with one attached hydrogen (secondary N) is 1. The van der Waals surface area contributed by atoms with Crippen LogP contribution in [-0.4, -0.2) is 13.0 Å². The molecule has 0 bridgehead atoms. The number of ether oxygens (including phenoxy) is 1. The van der Waals surface area contributed by atoms with Crippen molar-refractivity contribution in [1.29, 1.82) is 0 Å². The van der Waals surface area contributed by atoms with E-state index in [0.29, 0.717) is 6.42 Å². The number of fused-ring (bicyclic) bond motifs is 2. The minimum atomic E-state index is -0.140. The summed E-state index contributed by atoms with van der Waals surface area (Å²) in [5.74, 6) is 1.08. The molecule has 1 aromatic rings. The quantitative estimate of drug-likeness (QED) is 0.778. The molecule has 3 rings (SSSR count). The highest BCUT2D eigenvalue weighted by Crippen LogP contribution is 2.47. The Balaban J connectivity index is 2.13. The van der Waals surface area contributed by atoms with Crippen molar-refractivity contribution >= 4 is 5.91 Å². The van der Waals surface area contributed by atoms with Gasteiger partial charge in [0.25, 0.3) is 0 Å². The zero-order chi connectivity index (χ0) is 11.2. The number of rotatable bonds is 1. The Morgan fingerprint density at radius 2 is 2.12 bits per heavy atom. The van der Waals surface area contributed by atoms with E-state index in [4.69, 9.17) is 4.74 Å². The first-order chi connectivity index (χ1) is 7.75. The van der Waals surface area contributed by atoms with Gasteiger partial charge in [0.2, 0.25) is 5.91 Å². The van der Waals surface area contributed by atoms with Gasteiger partial charge in [0.15, 0.2) is 0 Å². The van der Waals surface area contributed by atoms with Gasteiger partial charge in [-0.15, -0.1) is 0 Å². The van der Waals surface area contributed by atoms with Crippen LogP contribution in [0.5, 0.6) is 5.75 Å². The molecule has 0 radical (unpaired) electrons. The monoisotopic (exact) mass is 217 g/mol. The summed E-state index contributed by atoms with van der Waals surface area (Å²) in [5.41, 5.74) is 2.39. The molecule has 1 amide bonds. The molecule has 1 atom stereocenters. The van der Waals surface area contributed by atoms with E-state index < -0.39 is 0 Å². The predicted molar refractivity (Wildman–Crippen MR) is 60.4 cm³/mol. The average Bonchev–Trinajstić information content (AvgIpc) is 2.85. The van der Waals surface area contributed by atoms with Crippen LogP contribution in [0.15, 0.2) is 18.2 Å². The predicted octanol–water partition coefficient (Wildman–Crippen LogP) is 1.75. The second-order valence-electron chi connectivity index (χ2n) is 4.62. The number of carbonyl (C=O) groups excluding carboxylic acids is 1. The highest BCUT2D eigenvalue weighted by atomic mass is 16.5. The van der Waals surface area contributed by atoms with Gasteiger partial charge in [-0.05, 0) is 30.9 Å². The maximum Gasteiger partial charge on any atom is 0.220 e. The molecule has 0 aromatic heterocycles. The summed E-state index contributed by atoms with van der Waals surface area (Å²) in [6.45, 7) is 0. The molecule has 1 aliphatic carbocycles. The van der Waals surface area contributed by atoms with Gasteiger partial charge >= 0.3 is 0 Å². The first kappa shape index (κ1) is 9.70. The Labute approximate surface area is 94.8 Å². The number of benzene rings is 1. The fraction of sp³-hybridized carbons (Fsp3) is 0.462. The summed E-state index contributed by atoms with van der Waals surface area (Å²) in [6, 6.07) is 6.14. The highest BCUT2D eigenvalue weighted by molar-refractivity contribution is 5.80. The van der Waals surface area contributed by atoms with Gasteiger partial charge in [-0.3, -0.25) is 4.79 Å². The number of carbonyl (C=O) groups is 1. The molecule has 16 heavy (non-hydrogen) atoms. The van der Waals surface area contributed by atoms with Crippen molar-refractivity contribution < 1.29 is 9.53 Å². The van der Waals surface area contributed by atoms with Crippen LogP contribution >= 0.6 is 0 Å². The summed E-state index contributed by atoms with van der Waals surface area (Å²) in [5, 5.41) is 3.14. The third-order valence-corrected chi connectivity index (χ3v) is 3.79. The molecule has 0 unspecified atom stereocenters. The zero-order valence-corrected chi connectivity index (χ0v) is 9.38. The van der Waals surface area contributed by atoms with Crippen molar-refractivity contribution in [3.05, 3.63) is 29.3 Å². The molecule has 1 heterocycles. The fourth-order valence-electron chi connectivity index (χ4n) is 3.07. The second-order valence-corrected chi connectivity index (χ2v) is 4.62. The summed E-state index contributed by atoms with van der Waals surface area (Å²) in [4.78, 5) is 11.5. The average molecular weight is 217 g/mol. The Morgan fingerprint density at radius 3 is 2.81 bits per heavy atom. The van der Waals surface area contributed by atoms with Crippen molar-refractivity contribution in [2.24, 2.45) is 0 Å². The van der Waals surface area contributed by atoms with Crippen molar-refractivity contribution in [3.63, 3.8) is 0 Å². The highest BCUT2D eigenvalue weighted by Gasteiger charge is 2.45.